The number of hydrogen-bond acceptors (Lipinski definition) is 5. The number of amides is 2. The molecule has 0 aromatic carbocycles. The Bertz CT molecular complexity index is 424. The van der Waals surface area contributed by atoms with Crippen LogP contribution in [0.3, 0.4) is 0 Å². The third-order valence-corrected chi connectivity index (χ3v) is 5.98. The molecule has 1 unspecified atom stereocenters. The second-order valence-corrected chi connectivity index (χ2v) is 7.81. The zero-order valence-corrected chi connectivity index (χ0v) is 17.0. The van der Waals surface area contributed by atoms with Gasteiger partial charge in [0.15, 0.2) is 0 Å². The highest BCUT2D eigenvalue weighted by atomic mass is 35.5. The maximum absolute atomic E-state index is 12.3. The van der Waals surface area contributed by atoms with Crippen LogP contribution in [-0.4, -0.2) is 78.1 Å². The van der Waals surface area contributed by atoms with Crippen molar-refractivity contribution in [1.82, 2.24) is 20.4 Å². The van der Waals surface area contributed by atoms with E-state index in [1.54, 1.807) is 11.8 Å². The summed E-state index contributed by atoms with van der Waals surface area (Å²) in [5.74, 6) is 2.12. The second-order valence-electron chi connectivity index (χ2n) is 6.78. The molecular formula is C16H30Cl2N4O2S. The summed E-state index contributed by atoms with van der Waals surface area (Å²) in [6.07, 6.45) is 6.02. The van der Waals surface area contributed by atoms with Gasteiger partial charge in [-0.2, -0.15) is 0 Å². The first kappa shape index (κ1) is 22.8. The van der Waals surface area contributed by atoms with E-state index in [2.05, 4.69) is 15.5 Å². The van der Waals surface area contributed by atoms with Gasteiger partial charge in [0.05, 0.1) is 12.6 Å². The molecule has 2 aliphatic heterocycles. The average Bonchev–Trinajstić information content (AvgIpc) is 3.10. The van der Waals surface area contributed by atoms with E-state index in [0.717, 1.165) is 50.7 Å². The molecule has 0 aromatic heterocycles. The first-order valence-corrected chi connectivity index (χ1v) is 9.99. The number of hydrogen-bond donors (Lipinski definition) is 2. The normalized spacial score (nSPS) is 25.0. The summed E-state index contributed by atoms with van der Waals surface area (Å²) in [6.45, 7) is 3.53. The van der Waals surface area contributed by atoms with Crippen molar-refractivity contribution >= 4 is 48.4 Å². The van der Waals surface area contributed by atoms with Crippen LogP contribution in [0.15, 0.2) is 0 Å². The molecule has 146 valence electrons. The van der Waals surface area contributed by atoms with Gasteiger partial charge in [-0.15, -0.1) is 36.6 Å². The minimum Gasteiger partial charge on any atom is -0.352 e. The Morgan fingerprint density at radius 3 is 2.32 bits per heavy atom. The van der Waals surface area contributed by atoms with E-state index < -0.39 is 0 Å². The fourth-order valence-corrected chi connectivity index (χ4v) is 4.56. The van der Waals surface area contributed by atoms with Crippen LogP contribution >= 0.6 is 36.6 Å². The highest BCUT2D eigenvalue weighted by molar-refractivity contribution is 7.99. The third kappa shape index (κ3) is 6.79. The Morgan fingerprint density at radius 2 is 1.72 bits per heavy atom. The summed E-state index contributed by atoms with van der Waals surface area (Å²) in [5.41, 5.74) is 0. The van der Waals surface area contributed by atoms with Gasteiger partial charge in [-0.05, 0) is 12.8 Å². The lowest BCUT2D eigenvalue weighted by atomic mass is 9.95. The quantitative estimate of drug-likeness (QED) is 0.723. The number of nitrogens with zero attached hydrogens (tertiary/aromatic N) is 2. The van der Waals surface area contributed by atoms with Crippen molar-refractivity contribution in [3.8, 4) is 0 Å². The molecule has 6 nitrogen and oxygen atoms in total. The monoisotopic (exact) mass is 412 g/mol. The molecule has 3 aliphatic rings. The SMILES string of the molecule is Cl.Cl.O=C(CN1CCN(C(=O)C2CSCN2)CC1)NC1CCCCC1. The molecule has 0 radical (unpaired) electrons. The van der Waals surface area contributed by atoms with E-state index in [9.17, 15) is 9.59 Å². The van der Waals surface area contributed by atoms with Gasteiger partial charge in [0.2, 0.25) is 11.8 Å². The summed E-state index contributed by atoms with van der Waals surface area (Å²) >= 11 is 1.78. The number of thioether (sulfide) groups is 1. The van der Waals surface area contributed by atoms with E-state index >= 15 is 0 Å². The summed E-state index contributed by atoms with van der Waals surface area (Å²) in [7, 11) is 0. The molecule has 2 saturated heterocycles. The molecule has 25 heavy (non-hydrogen) atoms. The topological polar surface area (TPSA) is 64.7 Å². The van der Waals surface area contributed by atoms with Crippen molar-refractivity contribution in [2.75, 3.05) is 44.4 Å². The highest BCUT2D eigenvalue weighted by Gasteiger charge is 2.30. The van der Waals surface area contributed by atoms with Crippen LogP contribution in [0, 0.1) is 0 Å². The Morgan fingerprint density at radius 1 is 1.04 bits per heavy atom. The molecule has 2 N–H and O–H groups in total. The summed E-state index contributed by atoms with van der Waals surface area (Å²) in [6, 6.07) is 0.367. The first-order chi connectivity index (χ1) is 11.2. The van der Waals surface area contributed by atoms with Gasteiger partial charge in [-0.25, -0.2) is 0 Å². The zero-order chi connectivity index (χ0) is 16.1. The summed E-state index contributed by atoms with van der Waals surface area (Å²) < 4.78 is 0. The van der Waals surface area contributed by atoms with Crippen molar-refractivity contribution in [1.29, 1.82) is 0 Å². The number of halogens is 2. The van der Waals surface area contributed by atoms with Gasteiger partial charge in [-0.1, -0.05) is 19.3 Å². The van der Waals surface area contributed by atoms with E-state index in [1.165, 1.54) is 19.3 Å². The van der Waals surface area contributed by atoms with Crippen molar-refractivity contribution in [3.63, 3.8) is 0 Å². The Hall–Kier alpha value is -0.210. The Labute approximate surface area is 167 Å². The van der Waals surface area contributed by atoms with E-state index in [-0.39, 0.29) is 42.7 Å². The maximum atomic E-state index is 12.3. The largest absolute Gasteiger partial charge is 0.352 e. The third-order valence-electron chi connectivity index (χ3n) is 5.04. The van der Waals surface area contributed by atoms with Gasteiger partial charge < -0.3 is 10.2 Å². The van der Waals surface area contributed by atoms with E-state index in [1.807, 2.05) is 4.90 Å². The molecule has 9 heteroatoms. The molecule has 0 aromatic rings. The highest BCUT2D eigenvalue weighted by Crippen LogP contribution is 2.17. The second kappa shape index (κ2) is 11.5. The van der Waals surface area contributed by atoms with Crippen molar-refractivity contribution in [2.45, 2.75) is 44.2 Å². The predicted octanol–water partition coefficient (Wildman–Crippen LogP) is 1.09. The van der Waals surface area contributed by atoms with Gasteiger partial charge in [0, 0.05) is 43.9 Å². The molecule has 1 atom stereocenters. The molecule has 3 fully saturated rings. The van der Waals surface area contributed by atoms with Crippen LogP contribution in [0.2, 0.25) is 0 Å². The molecule has 3 rings (SSSR count). The molecule has 1 aliphatic carbocycles. The minimum atomic E-state index is -0.0128. The Balaban J connectivity index is 0.00000156. The summed E-state index contributed by atoms with van der Waals surface area (Å²) in [4.78, 5) is 28.6. The summed E-state index contributed by atoms with van der Waals surface area (Å²) in [5, 5.41) is 6.41. The lowest BCUT2D eigenvalue weighted by Crippen LogP contribution is -2.55. The fraction of sp³-hybridized carbons (Fsp3) is 0.875. The predicted molar refractivity (Wildman–Crippen MR) is 107 cm³/mol. The molecular weight excluding hydrogens is 383 g/mol. The molecule has 1 saturated carbocycles. The van der Waals surface area contributed by atoms with Gasteiger partial charge >= 0.3 is 0 Å². The smallest absolute Gasteiger partial charge is 0.240 e. The van der Waals surface area contributed by atoms with Crippen LogP contribution in [-0.2, 0) is 9.59 Å². The van der Waals surface area contributed by atoms with Crippen LogP contribution in [0.4, 0.5) is 0 Å². The lowest BCUT2D eigenvalue weighted by Gasteiger charge is -2.35. The molecule has 0 bridgehead atoms. The number of piperazine rings is 1. The van der Waals surface area contributed by atoms with Gasteiger partial charge in [-0.3, -0.25) is 19.8 Å². The van der Waals surface area contributed by atoms with Crippen molar-refractivity contribution in [3.05, 3.63) is 0 Å². The molecule has 2 amide bonds. The number of nitrogens with one attached hydrogen (secondary N) is 2. The van der Waals surface area contributed by atoms with Crippen molar-refractivity contribution in [2.24, 2.45) is 0 Å². The average molecular weight is 413 g/mol. The Kier molecular flexibility index (Phi) is 10.5. The van der Waals surface area contributed by atoms with Crippen LogP contribution in [0.5, 0.6) is 0 Å². The molecule has 0 spiro atoms. The number of carbonyl (C=O) groups is 2. The van der Waals surface area contributed by atoms with Crippen LogP contribution in [0.25, 0.3) is 0 Å². The lowest BCUT2D eigenvalue weighted by molar-refractivity contribution is -0.134. The molecule has 2 heterocycles. The van der Waals surface area contributed by atoms with Crippen molar-refractivity contribution < 1.29 is 9.59 Å². The van der Waals surface area contributed by atoms with Crippen LogP contribution in [0.1, 0.15) is 32.1 Å². The number of rotatable bonds is 4. The van der Waals surface area contributed by atoms with E-state index in [4.69, 9.17) is 0 Å². The standard InChI is InChI=1S/C16H28N4O2S.2ClH/c21-15(18-13-4-2-1-3-5-13)10-19-6-8-20(9-7-19)16(22)14-11-23-12-17-14;;/h13-14,17H,1-12H2,(H,18,21);2*1H. The maximum Gasteiger partial charge on any atom is 0.240 e. The van der Waals surface area contributed by atoms with E-state index in [0.29, 0.717) is 12.6 Å². The minimum absolute atomic E-state index is 0. The van der Waals surface area contributed by atoms with Gasteiger partial charge in [0.25, 0.3) is 0 Å². The number of carbonyl (C=O) groups excluding carboxylic acids is 2. The van der Waals surface area contributed by atoms with Crippen LogP contribution < -0.4 is 10.6 Å². The zero-order valence-electron chi connectivity index (χ0n) is 14.6. The fourth-order valence-electron chi connectivity index (χ4n) is 3.62. The first-order valence-electron chi connectivity index (χ1n) is 8.84. The van der Waals surface area contributed by atoms with Gasteiger partial charge in [0.1, 0.15) is 0 Å².